The van der Waals surface area contributed by atoms with Gasteiger partial charge in [-0.1, -0.05) is 6.92 Å². The average molecular weight is 236 g/mol. The lowest BCUT2D eigenvalue weighted by atomic mass is 10.1. The minimum Gasteiger partial charge on any atom is -0.342 e. The fourth-order valence-electron chi connectivity index (χ4n) is 2.32. The predicted molar refractivity (Wildman–Crippen MR) is 71.4 cm³/mol. The van der Waals surface area contributed by atoms with Crippen LogP contribution in [0.25, 0.3) is 0 Å². The van der Waals surface area contributed by atoms with Crippen molar-refractivity contribution in [3.8, 4) is 0 Å². The molecule has 0 aliphatic carbocycles. The van der Waals surface area contributed by atoms with Crippen molar-refractivity contribution in [3.05, 3.63) is 11.9 Å². The number of nitrogens with two attached hydrogens (primary N) is 1. The quantitative estimate of drug-likeness (QED) is 0.872. The Hall–Kier alpha value is -1.03. The molecule has 1 aromatic rings. The molecule has 96 valence electrons. The van der Waals surface area contributed by atoms with Crippen LogP contribution in [0.4, 0.5) is 5.95 Å². The van der Waals surface area contributed by atoms with Crippen molar-refractivity contribution in [3.63, 3.8) is 0 Å². The molecule has 1 aliphatic rings. The summed E-state index contributed by atoms with van der Waals surface area (Å²) < 4.78 is 2.29. The third-order valence-corrected chi connectivity index (χ3v) is 3.50. The van der Waals surface area contributed by atoms with E-state index in [0.717, 1.165) is 38.3 Å². The van der Waals surface area contributed by atoms with Crippen LogP contribution in [0.2, 0.25) is 0 Å². The smallest absolute Gasteiger partial charge is 0.205 e. The van der Waals surface area contributed by atoms with Crippen molar-refractivity contribution in [1.29, 1.82) is 0 Å². The van der Waals surface area contributed by atoms with Gasteiger partial charge in [-0.25, -0.2) is 4.98 Å². The number of rotatable bonds is 3. The molecule has 1 aliphatic heterocycles. The number of imidazole rings is 1. The Labute approximate surface area is 104 Å². The summed E-state index contributed by atoms with van der Waals surface area (Å²) in [4.78, 5) is 7.12. The minimum absolute atomic E-state index is 0.374. The molecule has 0 aromatic carbocycles. The number of hydrogen-bond acceptors (Lipinski definition) is 3. The largest absolute Gasteiger partial charge is 0.342 e. The third-order valence-electron chi connectivity index (χ3n) is 3.50. The van der Waals surface area contributed by atoms with E-state index < -0.39 is 0 Å². The molecule has 0 saturated carbocycles. The van der Waals surface area contributed by atoms with Gasteiger partial charge in [-0.3, -0.25) is 0 Å². The highest BCUT2D eigenvalue weighted by atomic mass is 15.3. The van der Waals surface area contributed by atoms with E-state index in [0.29, 0.717) is 12.1 Å². The van der Waals surface area contributed by atoms with E-state index in [9.17, 15) is 0 Å². The van der Waals surface area contributed by atoms with Crippen molar-refractivity contribution >= 4 is 5.95 Å². The van der Waals surface area contributed by atoms with Crippen LogP contribution in [0.3, 0.4) is 0 Å². The van der Waals surface area contributed by atoms with Crippen molar-refractivity contribution in [2.75, 3.05) is 18.0 Å². The second-order valence-corrected chi connectivity index (χ2v) is 5.21. The number of aryl methyl sites for hydroxylation is 1. The fourth-order valence-corrected chi connectivity index (χ4v) is 2.32. The van der Waals surface area contributed by atoms with Gasteiger partial charge in [0.1, 0.15) is 0 Å². The van der Waals surface area contributed by atoms with Crippen molar-refractivity contribution in [2.45, 2.75) is 52.1 Å². The first-order valence-electron chi connectivity index (χ1n) is 6.70. The number of piperidine rings is 1. The van der Waals surface area contributed by atoms with Crippen LogP contribution in [0.5, 0.6) is 0 Å². The second kappa shape index (κ2) is 5.08. The summed E-state index contributed by atoms with van der Waals surface area (Å²) >= 11 is 0. The first kappa shape index (κ1) is 12.4. The van der Waals surface area contributed by atoms with Crippen molar-refractivity contribution in [1.82, 2.24) is 9.55 Å². The average Bonchev–Trinajstić information content (AvgIpc) is 2.74. The molecule has 0 amide bonds. The highest BCUT2D eigenvalue weighted by Gasteiger charge is 2.21. The number of aromatic nitrogens is 2. The third kappa shape index (κ3) is 2.63. The van der Waals surface area contributed by atoms with E-state index in [-0.39, 0.29) is 0 Å². The van der Waals surface area contributed by atoms with Crippen LogP contribution in [0.15, 0.2) is 6.20 Å². The van der Waals surface area contributed by atoms with Gasteiger partial charge in [0.2, 0.25) is 5.95 Å². The Morgan fingerprint density at radius 2 is 2.06 bits per heavy atom. The molecular formula is C13H24N4. The molecule has 1 saturated heterocycles. The summed E-state index contributed by atoms with van der Waals surface area (Å²) in [7, 11) is 0. The molecule has 2 N–H and O–H groups in total. The second-order valence-electron chi connectivity index (χ2n) is 5.21. The normalized spacial score (nSPS) is 18.1. The van der Waals surface area contributed by atoms with Crippen LogP contribution in [0.1, 0.15) is 45.3 Å². The highest BCUT2D eigenvalue weighted by molar-refractivity contribution is 5.35. The van der Waals surface area contributed by atoms with Crippen molar-refractivity contribution < 1.29 is 0 Å². The molecule has 4 nitrogen and oxygen atoms in total. The monoisotopic (exact) mass is 236 g/mol. The number of hydrogen-bond donors (Lipinski definition) is 1. The van der Waals surface area contributed by atoms with Gasteiger partial charge in [-0.2, -0.15) is 0 Å². The van der Waals surface area contributed by atoms with Gasteiger partial charge in [0.05, 0.1) is 5.69 Å². The molecule has 2 rings (SSSR count). The fraction of sp³-hybridized carbons (Fsp3) is 0.769. The van der Waals surface area contributed by atoms with E-state index in [1.807, 2.05) is 0 Å². The maximum Gasteiger partial charge on any atom is 0.205 e. The molecule has 0 radical (unpaired) electrons. The summed E-state index contributed by atoms with van der Waals surface area (Å²) in [6, 6.07) is 0.841. The first-order valence-corrected chi connectivity index (χ1v) is 6.70. The Kier molecular flexibility index (Phi) is 3.72. The lowest BCUT2D eigenvalue weighted by molar-refractivity contribution is 0.482. The summed E-state index contributed by atoms with van der Waals surface area (Å²) in [5, 5.41) is 0. The van der Waals surface area contributed by atoms with E-state index in [2.05, 4.69) is 36.4 Å². The topological polar surface area (TPSA) is 47.1 Å². The molecule has 1 aromatic heterocycles. The summed E-state index contributed by atoms with van der Waals surface area (Å²) in [5.41, 5.74) is 7.13. The van der Waals surface area contributed by atoms with Crippen molar-refractivity contribution in [2.24, 2.45) is 5.73 Å². The van der Waals surface area contributed by atoms with Gasteiger partial charge in [0.25, 0.3) is 0 Å². The zero-order valence-corrected chi connectivity index (χ0v) is 11.2. The highest BCUT2D eigenvalue weighted by Crippen LogP contribution is 2.23. The first-order chi connectivity index (χ1) is 8.11. The van der Waals surface area contributed by atoms with Gasteiger partial charge in [-0.15, -0.1) is 0 Å². The molecular weight excluding hydrogens is 212 g/mol. The molecule has 0 unspecified atom stereocenters. The minimum atomic E-state index is 0.374. The maximum absolute atomic E-state index is 5.95. The van der Waals surface area contributed by atoms with Gasteiger partial charge >= 0.3 is 0 Å². The summed E-state index contributed by atoms with van der Waals surface area (Å²) in [5.74, 6) is 1.13. The van der Waals surface area contributed by atoms with Crippen LogP contribution in [-0.2, 0) is 6.42 Å². The van der Waals surface area contributed by atoms with Gasteiger partial charge in [0, 0.05) is 31.4 Å². The van der Waals surface area contributed by atoms with Crippen LogP contribution in [0, 0.1) is 0 Å². The molecule has 2 heterocycles. The molecule has 0 spiro atoms. The Bertz CT molecular complexity index is 361. The van der Waals surface area contributed by atoms with E-state index in [4.69, 9.17) is 10.7 Å². The predicted octanol–water partition coefficient (Wildman–Crippen LogP) is 1.95. The zero-order chi connectivity index (χ0) is 12.4. The van der Waals surface area contributed by atoms with Gasteiger partial charge < -0.3 is 15.2 Å². The maximum atomic E-state index is 5.95. The Balaban J connectivity index is 2.21. The standard InChI is InChI=1S/C13H24N4/c1-4-12-9-17(10(2)3)13(15-12)16-7-5-11(14)6-8-16/h9-11H,4-8,14H2,1-3H3. The molecule has 17 heavy (non-hydrogen) atoms. The van der Waals surface area contributed by atoms with Crippen LogP contribution in [-0.4, -0.2) is 28.7 Å². The summed E-state index contributed by atoms with van der Waals surface area (Å²) in [6.45, 7) is 8.64. The SMILES string of the molecule is CCc1cn(C(C)C)c(N2CCC(N)CC2)n1. The zero-order valence-electron chi connectivity index (χ0n) is 11.2. The van der Waals surface area contributed by atoms with E-state index in [1.54, 1.807) is 0 Å². The molecule has 4 heteroatoms. The number of anilines is 1. The lowest BCUT2D eigenvalue weighted by Gasteiger charge is -2.32. The van der Waals surface area contributed by atoms with E-state index >= 15 is 0 Å². The molecule has 0 bridgehead atoms. The van der Waals surface area contributed by atoms with Gasteiger partial charge in [-0.05, 0) is 33.1 Å². The molecule has 1 fully saturated rings. The van der Waals surface area contributed by atoms with Crippen LogP contribution >= 0.6 is 0 Å². The van der Waals surface area contributed by atoms with E-state index in [1.165, 1.54) is 5.69 Å². The van der Waals surface area contributed by atoms with Crippen LogP contribution < -0.4 is 10.6 Å². The van der Waals surface area contributed by atoms with Gasteiger partial charge in [0.15, 0.2) is 0 Å². The molecule has 0 atom stereocenters. The summed E-state index contributed by atoms with van der Waals surface area (Å²) in [6.07, 6.45) is 5.34. The Morgan fingerprint density at radius 1 is 1.41 bits per heavy atom. The number of nitrogens with zero attached hydrogens (tertiary/aromatic N) is 3. The lowest BCUT2D eigenvalue weighted by Crippen LogP contribution is -2.41. The Morgan fingerprint density at radius 3 is 2.59 bits per heavy atom.